The first-order valence-corrected chi connectivity index (χ1v) is 10.3. The second-order valence-electron chi connectivity index (χ2n) is 7.79. The van der Waals surface area contributed by atoms with E-state index >= 15 is 0 Å². The molecule has 9 heteroatoms. The predicted octanol–water partition coefficient (Wildman–Crippen LogP) is -0.261. The largest absolute Gasteiger partial charge is 0.480 e. The lowest BCUT2D eigenvalue weighted by Crippen LogP contribution is -2.53. The third-order valence-corrected chi connectivity index (χ3v) is 5.73. The van der Waals surface area contributed by atoms with Crippen LogP contribution >= 0.6 is 0 Å². The molecule has 1 aromatic rings. The quantitative estimate of drug-likeness (QED) is 0.561. The van der Waals surface area contributed by atoms with Gasteiger partial charge in [-0.15, -0.1) is 0 Å². The molecular weight excluding hydrogens is 388 g/mol. The van der Waals surface area contributed by atoms with Crippen LogP contribution in [0.5, 0.6) is 0 Å². The maximum Gasteiger partial charge on any atom is 0.326 e. The molecule has 0 radical (unpaired) electrons. The van der Waals surface area contributed by atoms with E-state index in [1.54, 1.807) is 0 Å². The van der Waals surface area contributed by atoms with Crippen LogP contribution in [0.3, 0.4) is 0 Å². The first kappa shape index (κ1) is 21.8. The highest BCUT2D eigenvalue weighted by atomic mass is 16.4. The van der Waals surface area contributed by atoms with Crippen LogP contribution < -0.4 is 11.1 Å². The minimum atomic E-state index is -1.02. The number of rotatable bonds is 7. The van der Waals surface area contributed by atoms with Crippen molar-refractivity contribution in [1.82, 2.24) is 15.1 Å². The average Bonchev–Trinajstić information content (AvgIpc) is 3.41. The average molecular weight is 416 g/mol. The number of aliphatic carboxylic acids is 1. The fourth-order valence-electron chi connectivity index (χ4n) is 4.16. The van der Waals surface area contributed by atoms with Gasteiger partial charge in [-0.3, -0.25) is 14.4 Å². The number of carboxylic acids is 1. The van der Waals surface area contributed by atoms with Gasteiger partial charge in [-0.25, -0.2) is 4.79 Å². The van der Waals surface area contributed by atoms with E-state index in [1.165, 1.54) is 9.80 Å². The minimum absolute atomic E-state index is 0.243. The summed E-state index contributed by atoms with van der Waals surface area (Å²) in [7, 11) is 0. The Hall–Kier alpha value is -2.94. The summed E-state index contributed by atoms with van der Waals surface area (Å²) in [6.45, 7) is 0.555. The van der Waals surface area contributed by atoms with E-state index in [4.69, 9.17) is 5.73 Å². The summed E-state index contributed by atoms with van der Waals surface area (Å²) in [5.41, 5.74) is 6.86. The minimum Gasteiger partial charge on any atom is -0.480 e. The molecule has 2 fully saturated rings. The Bertz CT molecular complexity index is 800. The van der Waals surface area contributed by atoms with Gasteiger partial charge in [-0.05, 0) is 37.7 Å². The van der Waals surface area contributed by atoms with Gasteiger partial charge in [0.15, 0.2) is 0 Å². The first-order chi connectivity index (χ1) is 14.4. The van der Waals surface area contributed by atoms with Crippen molar-refractivity contribution >= 4 is 23.7 Å². The van der Waals surface area contributed by atoms with Crippen LogP contribution in [0, 0.1) is 0 Å². The number of carbonyl (C=O) groups excluding carboxylic acids is 3. The molecular formula is C21H28N4O5. The van der Waals surface area contributed by atoms with Gasteiger partial charge >= 0.3 is 5.97 Å². The number of nitrogens with two attached hydrogens (primary N) is 1. The van der Waals surface area contributed by atoms with E-state index in [9.17, 15) is 24.3 Å². The van der Waals surface area contributed by atoms with Crippen LogP contribution in [0.2, 0.25) is 0 Å². The summed E-state index contributed by atoms with van der Waals surface area (Å²) in [5, 5.41) is 11.9. The third kappa shape index (κ3) is 4.96. The van der Waals surface area contributed by atoms with E-state index in [-0.39, 0.29) is 18.4 Å². The number of nitrogens with zero attached hydrogens (tertiary/aromatic N) is 2. The Morgan fingerprint density at radius 1 is 1.03 bits per heavy atom. The second kappa shape index (κ2) is 9.71. The molecule has 30 heavy (non-hydrogen) atoms. The van der Waals surface area contributed by atoms with Crippen molar-refractivity contribution in [2.24, 2.45) is 5.73 Å². The number of likely N-dealkylation sites (tertiary alicyclic amines) is 2. The van der Waals surface area contributed by atoms with Crippen molar-refractivity contribution in [2.45, 2.75) is 50.2 Å². The van der Waals surface area contributed by atoms with Gasteiger partial charge in [-0.2, -0.15) is 0 Å². The summed E-state index contributed by atoms with van der Waals surface area (Å²) < 4.78 is 0. The van der Waals surface area contributed by atoms with Gasteiger partial charge in [0.1, 0.15) is 12.1 Å². The lowest BCUT2D eigenvalue weighted by molar-refractivity contribution is -0.151. The smallest absolute Gasteiger partial charge is 0.326 e. The second-order valence-corrected chi connectivity index (χ2v) is 7.79. The van der Waals surface area contributed by atoms with Crippen molar-refractivity contribution in [3.63, 3.8) is 0 Å². The maximum atomic E-state index is 12.9. The third-order valence-electron chi connectivity index (χ3n) is 5.73. The van der Waals surface area contributed by atoms with Gasteiger partial charge in [-0.1, -0.05) is 30.3 Å². The summed E-state index contributed by atoms with van der Waals surface area (Å²) in [5.74, 6) is -2.13. The highest BCUT2D eigenvalue weighted by Crippen LogP contribution is 2.25. The number of nitrogens with one attached hydrogen (secondary N) is 1. The number of amides is 3. The zero-order valence-corrected chi connectivity index (χ0v) is 16.8. The van der Waals surface area contributed by atoms with Crippen LogP contribution in [0.15, 0.2) is 30.3 Å². The molecule has 4 N–H and O–H groups in total. The van der Waals surface area contributed by atoms with E-state index in [1.807, 2.05) is 30.3 Å². The Balaban J connectivity index is 1.53. The summed E-state index contributed by atoms with van der Waals surface area (Å²) in [4.78, 5) is 52.0. The molecule has 9 nitrogen and oxygen atoms in total. The molecule has 3 unspecified atom stereocenters. The summed E-state index contributed by atoms with van der Waals surface area (Å²) >= 11 is 0. The molecule has 3 atom stereocenters. The normalized spacial score (nSPS) is 22.0. The van der Waals surface area contributed by atoms with Gasteiger partial charge in [0.25, 0.3) is 0 Å². The van der Waals surface area contributed by atoms with Gasteiger partial charge in [0.05, 0.1) is 12.6 Å². The Labute approximate surface area is 175 Å². The molecule has 2 saturated heterocycles. The molecule has 2 heterocycles. The fraction of sp³-hybridized carbons (Fsp3) is 0.524. The van der Waals surface area contributed by atoms with Gasteiger partial charge in [0.2, 0.25) is 17.7 Å². The fourth-order valence-corrected chi connectivity index (χ4v) is 4.16. The molecule has 3 amide bonds. The van der Waals surface area contributed by atoms with Crippen molar-refractivity contribution in [2.75, 3.05) is 19.6 Å². The van der Waals surface area contributed by atoms with Crippen LogP contribution in [0.25, 0.3) is 0 Å². The topological polar surface area (TPSA) is 133 Å². The molecule has 0 spiro atoms. The highest BCUT2D eigenvalue weighted by molar-refractivity contribution is 5.93. The maximum absolute atomic E-state index is 12.9. The van der Waals surface area contributed by atoms with Crippen molar-refractivity contribution < 1.29 is 24.3 Å². The lowest BCUT2D eigenvalue weighted by atomic mass is 10.1. The molecule has 2 aliphatic rings. The molecule has 162 valence electrons. The summed E-state index contributed by atoms with van der Waals surface area (Å²) in [6, 6.07) is 7.08. The van der Waals surface area contributed by atoms with Crippen molar-refractivity contribution in [1.29, 1.82) is 0 Å². The van der Waals surface area contributed by atoms with E-state index in [2.05, 4.69) is 5.32 Å². The lowest BCUT2D eigenvalue weighted by Gasteiger charge is -2.30. The van der Waals surface area contributed by atoms with Crippen molar-refractivity contribution in [3.8, 4) is 0 Å². The molecule has 1 aromatic carbocycles. The van der Waals surface area contributed by atoms with Gasteiger partial charge in [0, 0.05) is 13.1 Å². The van der Waals surface area contributed by atoms with Crippen molar-refractivity contribution in [3.05, 3.63) is 35.9 Å². The molecule has 0 aliphatic carbocycles. The predicted molar refractivity (Wildman–Crippen MR) is 108 cm³/mol. The molecule has 2 aliphatic heterocycles. The number of hydrogen-bond acceptors (Lipinski definition) is 5. The zero-order valence-electron chi connectivity index (χ0n) is 16.8. The number of benzene rings is 1. The number of hydrogen-bond donors (Lipinski definition) is 3. The van der Waals surface area contributed by atoms with Crippen LogP contribution in [-0.4, -0.2) is 76.4 Å². The Kier molecular flexibility index (Phi) is 7.04. The molecule has 3 rings (SSSR count). The standard InChI is InChI=1S/C21H28N4O5/c22-15(12-14-6-2-1-3-7-14)19(27)23-13-18(26)24-10-4-8-16(24)20(28)25-11-5-9-17(25)21(29)30/h1-3,6-7,15-17H,4-5,8-13,22H2,(H,23,27)(H,29,30). The van der Waals surface area contributed by atoms with Crippen LogP contribution in [0.4, 0.5) is 0 Å². The van der Waals surface area contributed by atoms with Crippen LogP contribution in [0.1, 0.15) is 31.2 Å². The Morgan fingerprint density at radius 2 is 1.67 bits per heavy atom. The van der Waals surface area contributed by atoms with Gasteiger partial charge < -0.3 is 26.0 Å². The first-order valence-electron chi connectivity index (χ1n) is 10.3. The monoisotopic (exact) mass is 416 g/mol. The Morgan fingerprint density at radius 3 is 2.33 bits per heavy atom. The zero-order chi connectivity index (χ0) is 21.7. The number of carboxylic acid groups (broad SMARTS) is 1. The van der Waals surface area contributed by atoms with E-state index in [0.717, 1.165) is 5.56 Å². The van der Waals surface area contributed by atoms with Crippen LogP contribution in [-0.2, 0) is 25.6 Å². The SMILES string of the molecule is NC(Cc1ccccc1)C(=O)NCC(=O)N1CCCC1C(=O)N1CCCC1C(=O)O. The molecule has 0 saturated carbocycles. The molecule has 0 aromatic heterocycles. The van der Waals surface area contributed by atoms with E-state index in [0.29, 0.717) is 45.2 Å². The molecule has 0 bridgehead atoms. The summed E-state index contributed by atoms with van der Waals surface area (Å²) in [6.07, 6.45) is 2.58. The number of carbonyl (C=O) groups is 4. The van der Waals surface area contributed by atoms with E-state index < -0.39 is 30.0 Å². The highest BCUT2D eigenvalue weighted by Gasteiger charge is 2.42.